The summed E-state index contributed by atoms with van der Waals surface area (Å²) in [6.07, 6.45) is 2.48. The van der Waals surface area contributed by atoms with Crippen molar-refractivity contribution in [2.75, 3.05) is 42.8 Å². The zero-order valence-electron chi connectivity index (χ0n) is 18.8. The summed E-state index contributed by atoms with van der Waals surface area (Å²) in [5.41, 5.74) is 30.0. The van der Waals surface area contributed by atoms with E-state index in [1.165, 1.54) is 12.8 Å². The van der Waals surface area contributed by atoms with Crippen LogP contribution < -0.4 is 32.4 Å². The van der Waals surface area contributed by atoms with Gasteiger partial charge in [-0.05, 0) is 52.8 Å². The van der Waals surface area contributed by atoms with E-state index in [0.29, 0.717) is 60.0 Å². The van der Waals surface area contributed by atoms with Crippen LogP contribution in [-0.2, 0) is 4.74 Å². The van der Waals surface area contributed by atoms with Crippen LogP contribution >= 0.6 is 0 Å². The summed E-state index contributed by atoms with van der Waals surface area (Å²) < 4.78 is 17.3. The van der Waals surface area contributed by atoms with Gasteiger partial charge < -0.3 is 37.1 Å². The van der Waals surface area contributed by atoms with E-state index < -0.39 is 0 Å². The molecule has 1 aliphatic carbocycles. The fourth-order valence-electron chi connectivity index (χ4n) is 4.58. The Balaban J connectivity index is 1.54. The maximum Gasteiger partial charge on any atom is 0.165 e. The molecule has 0 bridgehead atoms. The van der Waals surface area contributed by atoms with Gasteiger partial charge >= 0.3 is 0 Å². The standard InChI is InChI=1S/C27H28N4O3/c28-20-9-15-3-1-5-18(22(15)24(30)26(20)33-11-14-7-8-14)19-6-2-4-16-10-21(29)27(25(31)23(16)19)34-13-17-12-32-17/h1-6,9-10,14,17H,7-8,11-13,28-31H2. The van der Waals surface area contributed by atoms with Gasteiger partial charge in [0.25, 0.3) is 0 Å². The maximum atomic E-state index is 6.69. The predicted octanol–water partition coefficient (Wildman–Crippen LogP) is 4.56. The van der Waals surface area contributed by atoms with E-state index in [0.717, 1.165) is 32.7 Å². The Morgan fingerprint density at radius 2 is 1.24 bits per heavy atom. The third kappa shape index (κ3) is 3.58. The van der Waals surface area contributed by atoms with Crippen molar-refractivity contribution in [3.8, 4) is 22.6 Å². The molecule has 2 fully saturated rings. The topological polar surface area (TPSA) is 135 Å². The van der Waals surface area contributed by atoms with E-state index in [2.05, 4.69) is 0 Å². The molecule has 0 amide bonds. The highest BCUT2D eigenvalue weighted by Crippen LogP contribution is 2.46. The number of benzene rings is 4. The van der Waals surface area contributed by atoms with E-state index in [1.807, 2.05) is 48.5 Å². The average molecular weight is 457 g/mol. The minimum absolute atomic E-state index is 0.0992. The normalized spacial score (nSPS) is 17.2. The molecule has 1 aliphatic heterocycles. The summed E-state index contributed by atoms with van der Waals surface area (Å²) in [4.78, 5) is 0. The van der Waals surface area contributed by atoms with Crippen LogP contribution in [-0.4, -0.2) is 25.9 Å². The number of fused-ring (bicyclic) bond motifs is 2. The zero-order valence-corrected chi connectivity index (χ0v) is 18.8. The molecule has 0 aromatic heterocycles. The number of nitrogens with two attached hydrogens (primary N) is 4. The molecule has 34 heavy (non-hydrogen) atoms. The van der Waals surface area contributed by atoms with Crippen molar-refractivity contribution in [3.63, 3.8) is 0 Å². The van der Waals surface area contributed by atoms with Crippen molar-refractivity contribution in [2.45, 2.75) is 18.9 Å². The van der Waals surface area contributed by atoms with Gasteiger partial charge in [-0.1, -0.05) is 36.4 Å². The van der Waals surface area contributed by atoms with Gasteiger partial charge in [0.05, 0.1) is 36.0 Å². The van der Waals surface area contributed by atoms with Gasteiger partial charge in [0, 0.05) is 10.8 Å². The van der Waals surface area contributed by atoms with Gasteiger partial charge in [-0.15, -0.1) is 0 Å². The summed E-state index contributed by atoms with van der Waals surface area (Å²) in [5.74, 6) is 1.63. The first-order valence-corrected chi connectivity index (χ1v) is 11.6. The highest BCUT2D eigenvalue weighted by atomic mass is 16.6. The number of anilines is 4. The fraction of sp³-hybridized carbons (Fsp3) is 0.259. The van der Waals surface area contributed by atoms with Crippen LogP contribution in [0.4, 0.5) is 22.7 Å². The molecule has 174 valence electrons. The minimum atomic E-state index is 0.0992. The van der Waals surface area contributed by atoms with Crippen molar-refractivity contribution in [1.29, 1.82) is 0 Å². The Bertz CT molecular complexity index is 1320. The van der Waals surface area contributed by atoms with E-state index in [1.54, 1.807) is 0 Å². The minimum Gasteiger partial charge on any atom is -0.489 e. The average Bonchev–Trinajstić information content (AvgIpc) is 3.73. The predicted molar refractivity (Wildman–Crippen MR) is 138 cm³/mol. The molecule has 1 atom stereocenters. The Hall–Kier alpha value is -3.84. The first-order chi connectivity index (χ1) is 16.5. The van der Waals surface area contributed by atoms with Crippen LogP contribution in [0.2, 0.25) is 0 Å². The summed E-state index contributed by atoms with van der Waals surface area (Å²) in [6, 6.07) is 15.9. The Kier molecular flexibility index (Phi) is 4.81. The molecule has 0 radical (unpaired) electrons. The molecule has 1 saturated carbocycles. The molecule has 7 heteroatoms. The van der Waals surface area contributed by atoms with Gasteiger partial charge in [0.15, 0.2) is 11.5 Å². The number of nitrogen functional groups attached to an aromatic ring is 4. The highest BCUT2D eigenvalue weighted by molar-refractivity contribution is 6.15. The molecule has 0 spiro atoms. The Morgan fingerprint density at radius 3 is 1.71 bits per heavy atom. The van der Waals surface area contributed by atoms with Gasteiger partial charge in [-0.3, -0.25) is 0 Å². The lowest BCUT2D eigenvalue weighted by Gasteiger charge is -2.19. The van der Waals surface area contributed by atoms with Crippen LogP contribution in [0.3, 0.4) is 0 Å². The third-order valence-corrected chi connectivity index (χ3v) is 6.63. The van der Waals surface area contributed by atoms with Crippen molar-refractivity contribution in [2.24, 2.45) is 5.92 Å². The quantitative estimate of drug-likeness (QED) is 0.236. The highest BCUT2D eigenvalue weighted by Gasteiger charge is 2.26. The molecule has 7 nitrogen and oxygen atoms in total. The molecule has 1 unspecified atom stereocenters. The Morgan fingerprint density at radius 1 is 0.735 bits per heavy atom. The van der Waals surface area contributed by atoms with Gasteiger partial charge in [-0.25, -0.2) is 0 Å². The molecule has 4 aromatic rings. The lowest BCUT2D eigenvalue weighted by atomic mass is 9.91. The monoisotopic (exact) mass is 456 g/mol. The second kappa shape index (κ2) is 7.88. The smallest absolute Gasteiger partial charge is 0.165 e. The number of ether oxygens (including phenoxy) is 3. The maximum absolute atomic E-state index is 6.69. The fourth-order valence-corrected chi connectivity index (χ4v) is 4.58. The number of hydrogen-bond acceptors (Lipinski definition) is 7. The van der Waals surface area contributed by atoms with E-state index in [-0.39, 0.29) is 6.10 Å². The van der Waals surface area contributed by atoms with E-state index in [4.69, 9.17) is 37.1 Å². The van der Waals surface area contributed by atoms with Gasteiger partial charge in [0.1, 0.15) is 12.7 Å². The summed E-state index contributed by atoms with van der Waals surface area (Å²) >= 11 is 0. The van der Waals surface area contributed by atoms with Crippen LogP contribution in [0.25, 0.3) is 32.7 Å². The van der Waals surface area contributed by atoms with Crippen LogP contribution in [0, 0.1) is 5.92 Å². The molecule has 1 saturated heterocycles. The Labute approximate surface area is 197 Å². The van der Waals surface area contributed by atoms with Gasteiger partial charge in [-0.2, -0.15) is 0 Å². The van der Waals surface area contributed by atoms with E-state index in [9.17, 15) is 0 Å². The molecular weight excluding hydrogens is 428 g/mol. The second-order valence-corrected chi connectivity index (χ2v) is 9.25. The summed E-state index contributed by atoms with van der Waals surface area (Å²) in [5, 5.41) is 3.63. The van der Waals surface area contributed by atoms with Crippen molar-refractivity contribution >= 4 is 44.3 Å². The largest absolute Gasteiger partial charge is 0.489 e. The van der Waals surface area contributed by atoms with Crippen LogP contribution in [0.15, 0.2) is 48.5 Å². The summed E-state index contributed by atoms with van der Waals surface area (Å²) in [6.45, 7) is 1.75. The van der Waals surface area contributed by atoms with Crippen molar-refractivity contribution in [3.05, 3.63) is 48.5 Å². The van der Waals surface area contributed by atoms with Crippen molar-refractivity contribution < 1.29 is 14.2 Å². The SMILES string of the molecule is Nc1cc2cccc(-c3cccc4cc(N)c(OCC5CO5)c(N)c34)c2c(N)c1OCC1CC1. The molecule has 8 N–H and O–H groups in total. The zero-order chi connectivity index (χ0) is 23.4. The van der Waals surface area contributed by atoms with Crippen LogP contribution in [0.5, 0.6) is 11.5 Å². The summed E-state index contributed by atoms with van der Waals surface area (Å²) in [7, 11) is 0. The lowest BCUT2D eigenvalue weighted by molar-refractivity contribution is 0.265. The molecular formula is C27H28N4O3. The third-order valence-electron chi connectivity index (χ3n) is 6.63. The molecule has 2 aliphatic rings. The molecule has 1 heterocycles. The van der Waals surface area contributed by atoms with Gasteiger partial charge in [0.2, 0.25) is 0 Å². The molecule has 4 aromatic carbocycles. The number of epoxide rings is 1. The van der Waals surface area contributed by atoms with Crippen LogP contribution in [0.1, 0.15) is 12.8 Å². The number of rotatable bonds is 7. The van der Waals surface area contributed by atoms with E-state index >= 15 is 0 Å². The first-order valence-electron chi connectivity index (χ1n) is 11.6. The molecule has 6 rings (SSSR count). The lowest BCUT2D eigenvalue weighted by Crippen LogP contribution is -2.08. The van der Waals surface area contributed by atoms with Crippen molar-refractivity contribution in [1.82, 2.24) is 0 Å². The second-order valence-electron chi connectivity index (χ2n) is 9.25. The number of hydrogen-bond donors (Lipinski definition) is 4. The first kappa shape index (κ1) is 20.7.